The van der Waals surface area contributed by atoms with Crippen molar-refractivity contribution in [2.75, 3.05) is 0 Å². The number of hydrogen-bond acceptors (Lipinski definition) is 2. The Hall–Kier alpha value is -2.17. The molecule has 0 aliphatic rings. The predicted molar refractivity (Wildman–Crippen MR) is 55.6 cm³/mol. The van der Waals surface area contributed by atoms with E-state index < -0.39 is 11.8 Å². The zero-order valence-electron chi connectivity index (χ0n) is 8.51. The highest BCUT2D eigenvalue weighted by atomic mass is 19.1. The second-order valence-electron chi connectivity index (χ2n) is 3.40. The summed E-state index contributed by atoms with van der Waals surface area (Å²) in [6.45, 7) is 0. The predicted octanol–water partition coefficient (Wildman–Crippen LogP) is 1.92. The summed E-state index contributed by atoms with van der Waals surface area (Å²) in [5, 5.41) is 12.9. The zero-order valence-corrected chi connectivity index (χ0v) is 8.51. The number of carboxylic acid groups (broad SMARTS) is 1. The van der Waals surface area contributed by atoms with Crippen molar-refractivity contribution in [1.29, 1.82) is 0 Å². The van der Waals surface area contributed by atoms with Crippen molar-refractivity contribution in [3.63, 3.8) is 0 Å². The molecule has 0 bridgehead atoms. The number of carbonyl (C=O) groups is 1. The molecule has 1 aromatic carbocycles. The van der Waals surface area contributed by atoms with E-state index in [0.29, 0.717) is 11.1 Å². The Labute approximate surface area is 90.9 Å². The van der Waals surface area contributed by atoms with Gasteiger partial charge in [-0.25, -0.2) is 9.18 Å². The van der Waals surface area contributed by atoms with Gasteiger partial charge in [-0.1, -0.05) is 0 Å². The average Bonchev–Trinajstić information content (AvgIpc) is 2.64. The highest BCUT2D eigenvalue weighted by Crippen LogP contribution is 2.24. The van der Waals surface area contributed by atoms with Gasteiger partial charge < -0.3 is 5.11 Å². The van der Waals surface area contributed by atoms with Gasteiger partial charge in [0.25, 0.3) is 0 Å². The topological polar surface area (TPSA) is 55.1 Å². The van der Waals surface area contributed by atoms with Gasteiger partial charge in [-0.3, -0.25) is 4.68 Å². The van der Waals surface area contributed by atoms with E-state index in [1.54, 1.807) is 13.2 Å². The van der Waals surface area contributed by atoms with Crippen molar-refractivity contribution in [3.8, 4) is 11.1 Å². The summed E-state index contributed by atoms with van der Waals surface area (Å²) in [5.74, 6) is -1.55. The van der Waals surface area contributed by atoms with E-state index in [2.05, 4.69) is 5.10 Å². The summed E-state index contributed by atoms with van der Waals surface area (Å²) in [5.41, 5.74) is 0.981. The minimum Gasteiger partial charge on any atom is -0.478 e. The van der Waals surface area contributed by atoms with E-state index in [-0.39, 0.29) is 5.56 Å². The van der Waals surface area contributed by atoms with Crippen molar-refractivity contribution in [2.45, 2.75) is 0 Å². The van der Waals surface area contributed by atoms with Crippen molar-refractivity contribution < 1.29 is 14.3 Å². The monoisotopic (exact) mass is 220 g/mol. The highest BCUT2D eigenvalue weighted by molar-refractivity contribution is 5.95. The molecule has 0 unspecified atom stereocenters. The maximum atomic E-state index is 13.1. The number of aromatic carboxylic acids is 1. The number of carboxylic acids is 1. The molecule has 0 atom stereocenters. The van der Waals surface area contributed by atoms with Crippen LogP contribution in [-0.2, 0) is 7.05 Å². The highest BCUT2D eigenvalue weighted by Gasteiger charge is 2.13. The second-order valence-corrected chi connectivity index (χ2v) is 3.40. The van der Waals surface area contributed by atoms with Crippen LogP contribution < -0.4 is 0 Å². The molecule has 0 amide bonds. The third kappa shape index (κ3) is 1.79. The molecule has 0 radical (unpaired) electrons. The van der Waals surface area contributed by atoms with Gasteiger partial charge in [-0.15, -0.1) is 0 Å². The summed E-state index contributed by atoms with van der Waals surface area (Å²) in [6, 6.07) is 3.57. The van der Waals surface area contributed by atoms with E-state index in [4.69, 9.17) is 5.11 Å². The van der Waals surface area contributed by atoms with Gasteiger partial charge in [0.05, 0.1) is 11.8 Å². The number of nitrogens with zero attached hydrogens (tertiary/aromatic N) is 2. The Kier molecular flexibility index (Phi) is 2.44. The van der Waals surface area contributed by atoms with Crippen LogP contribution in [-0.4, -0.2) is 20.9 Å². The minimum atomic E-state index is -1.08. The normalized spacial score (nSPS) is 10.4. The first-order valence-electron chi connectivity index (χ1n) is 4.60. The molecule has 0 aliphatic carbocycles. The van der Waals surface area contributed by atoms with E-state index >= 15 is 0 Å². The Balaban J connectivity index is 2.62. The first-order valence-corrected chi connectivity index (χ1v) is 4.60. The molecule has 0 spiro atoms. The van der Waals surface area contributed by atoms with Gasteiger partial charge in [0.1, 0.15) is 5.82 Å². The van der Waals surface area contributed by atoms with Crippen LogP contribution in [0.1, 0.15) is 10.4 Å². The molecule has 2 aromatic rings. The molecule has 0 aliphatic heterocycles. The molecule has 0 saturated heterocycles. The molecule has 1 heterocycles. The lowest BCUT2D eigenvalue weighted by Gasteiger charge is -2.03. The first kappa shape index (κ1) is 10.4. The third-order valence-corrected chi connectivity index (χ3v) is 2.23. The summed E-state index contributed by atoms with van der Waals surface area (Å²) >= 11 is 0. The zero-order chi connectivity index (χ0) is 11.7. The fraction of sp³-hybridized carbons (Fsp3) is 0.0909. The number of benzene rings is 1. The Morgan fingerprint density at radius 2 is 2.25 bits per heavy atom. The smallest absolute Gasteiger partial charge is 0.336 e. The standard InChI is InChI=1S/C11H9FN2O2/c1-14-6-7(5-13-14)10-4-8(12)2-3-9(10)11(15)16/h2-6H,1H3,(H,15,16). The van der Waals surface area contributed by atoms with Gasteiger partial charge in [0.2, 0.25) is 0 Å². The third-order valence-electron chi connectivity index (χ3n) is 2.23. The molecular weight excluding hydrogens is 211 g/mol. The Morgan fingerprint density at radius 3 is 2.81 bits per heavy atom. The van der Waals surface area contributed by atoms with Crippen LogP contribution in [0.4, 0.5) is 4.39 Å². The van der Waals surface area contributed by atoms with Crippen LogP contribution in [0, 0.1) is 5.82 Å². The van der Waals surface area contributed by atoms with Gasteiger partial charge >= 0.3 is 5.97 Å². The molecule has 5 heteroatoms. The summed E-state index contributed by atoms with van der Waals surface area (Å²) in [6.07, 6.45) is 3.14. The molecule has 82 valence electrons. The largest absolute Gasteiger partial charge is 0.478 e. The van der Waals surface area contributed by atoms with Gasteiger partial charge in [-0.05, 0) is 18.2 Å². The van der Waals surface area contributed by atoms with Crippen molar-refractivity contribution in [2.24, 2.45) is 7.05 Å². The lowest BCUT2D eigenvalue weighted by atomic mass is 10.0. The second kappa shape index (κ2) is 3.77. The number of aromatic nitrogens is 2. The van der Waals surface area contributed by atoms with Crippen LogP contribution in [0.2, 0.25) is 0 Å². The van der Waals surface area contributed by atoms with E-state index in [1.807, 2.05) is 0 Å². The van der Waals surface area contributed by atoms with Crippen molar-refractivity contribution in [1.82, 2.24) is 9.78 Å². The Bertz CT molecular complexity index is 549. The lowest BCUT2D eigenvalue weighted by molar-refractivity contribution is 0.0697. The van der Waals surface area contributed by atoms with Crippen LogP contribution in [0.5, 0.6) is 0 Å². The fourth-order valence-corrected chi connectivity index (χ4v) is 1.50. The van der Waals surface area contributed by atoms with Crippen molar-refractivity contribution in [3.05, 3.63) is 42.0 Å². The van der Waals surface area contributed by atoms with Crippen LogP contribution in [0.25, 0.3) is 11.1 Å². The summed E-state index contributed by atoms with van der Waals surface area (Å²) in [4.78, 5) is 11.0. The van der Waals surface area contributed by atoms with Crippen LogP contribution in [0.3, 0.4) is 0 Å². The Morgan fingerprint density at radius 1 is 1.50 bits per heavy atom. The number of hydrogen-bond donors (Lipinski definition) is 1. The number of halogens is 1. The quantitative estimate of drug-likeness (QED) is 0.841. The van der Waals surface area contributed by atoms with Crippen LogP contribution in [0.15, 0.2) is 30.6 Å². The lowest BCUT2D eigenvalue weighted by Crippen LogP contribution is -1.99. The molecule has 16 heavy (non-hydrogen) atoms. The molecule has 2 rings (SSSR count). The van der Waals surface area contributed by atoms with Gasteiger partial charge in [0, 0.05) is 24.4 Å². The molecule has 0 saturated carbocycles. The maximum Gasteiger partial charge on any atom is 0.336 e. The van der Waals surface area contributed by atoms with E-state index in [9.17, 15) is 9.18 Å². The fourth-order valence-electron chi connectivity index (χ4n) is 1.50. The van der Waals surface area contributed by atoms with E-state index in [1.165, 1.54) is 23.0 Å². The first-order chi connectivity index (χ1) is 7.58. The molecule has 1 aromatic heterocycles. The summed E-state index contributed by atoms with van der Waals surface area (Å²) < 4.78 is 14.6. The SMILES string of the molecule is Cn1cc(-c2cc(F)ccc2C(=O)O)cn1. The molecule has 1 N–H and O–H groups in total. The number of aryl methyl sites for hydroxylation is 1. The molecule has 4 nitrogen and oxygen atoms in total. The summed E-state index contributed by atoms with van der Waals surface area (Å²) in [7, 11) is 1.71. The van der Waals surface area contributed by atoms with Gasteiger partial charge in [-0.2, -0.15) is 5.10 Å². The molecular formula is C11H9FN2O2. The van der Waals surface area contributed by atoms with Crippen LogP contribution >= 0.6 is 0 Å². The number of rotatable bonds is 2. The van der Waals surface area contributed by atoms with Gasteiger partial charge in [0.15, 0.2) is 0 Å². The average molecular weight is 220 g/mol. The maximum absolute atomic E-state index is 13.1. The minimum absolute atomic E-state index is 0.0643. The van der Waals surface area contributed by atoms with E-state index in [0.717, 1.165) is 6.07 Å². The van der Waals surface area contributed by atoms with Crippen molar-refractivity contribution >= 4 is 5.97 Å². The molecule has 0 fully saturated rings.